The number of carbonyl (C=O) groups is 1. The van der Waals surface area contributed by atoms with Gasteiger partial charge in [-0.05, 0) is 24.6 Å². The Labute approximate surface area is 107 Å². The van der Waals surface area contributed by atoms with E-state index in [0.29, 0.717) is 24.5 Å². The van der Waals surface area contributed by atoms with Crippen LogP contribution in [0, 0.1) is 0 Å². The number of carbonyl (C=O) groups excluding carboxylic acids is 1. The topological polar surface area (TPSA) is 73.6 Å². The largest absolute Gasteiger partial charge is 0.493 e. The predicted octanol–water partition coefficient (Wildman–Crippen LogP) is 1.23. The number of benzene rings is 1. The number of amides is 1. The molecule has 0 aromatic heterocycles. The summed E-state index contributed by atoms with van der Waals surface area (Å²) >= 11 is 0. The Morgan fingerprint density at radius 1 is 1.33 bits per heavy atom. The smallest absolute Gasteiger partial charge is 0.218 e. The molecule has 0 aliphatic rings. The summed E-state index contributed by atoms with van der Waals surface area (Å²) in [5, 5.41) is 3.22. The summed E-state index contributed by atoms with van der Waals surface area (Å²) in [5.41, 5.74) is 6.15. The lowest BCUT2D eigenvalue weighted by Gasteiger charge is -2.16. The van der Waals surface area contributed by atoms with Gasteiger partial charge < -0.3 is 20.5 Å². The zero-order chi connectivity index (χ0) is 13.5. The maximum absolute atomic E-state index is 10.6. The Balaban J connectivity index is 2.67. The van der Waals surface area contributed by atoms with Crippen LogP contribution < -0.4 is 20.5 Å². The third-order valence-electron chi connectivity index (χ3n) is 2.73. The highest BCUT2D eigenvalue weighted by molar-refractivity contribution is 5.73. The fourth-order valence-electron chi connectivity index (χ4n) is 1.65. The van der Waals surface area contributed by atoms with Crippen LogP contribution in [0.3, 0.4) is 0 Å². The average Bonchev–Trinajstić information content (AvgIpc) is 2.37. The number of methoxy groups -OCH3 is 2. The van der Waals surface area contributed by atoms with Gasteiger partial charge in [0.1, 0.15) is 0 Å². The minimum Gasteiger partial charge on any atom is -0.493 e. The van der Waals surface area contributed by atoms with E-state index in [9.17, 15) is 4.79 Å². The van der Waals surface area contributed by atoms with Gasteiger partial charge in [-0.25, -0.2) is 0 Å². The third-order valence-corrected chi connectivity index (χ3v) is 2.73. The number of nitrogens with two attached hydrogens (primary N) is 1. The van der Waals surface area contributed by atoms with Crippen molar-refractivity contribution in [2.45, 2.75) is 19.4 Å². The number of hydrogen-bond donors (Lipinski definition) is 2. The molecule has 1 amide bonds. The van der Waals surface area contributed by atoms with E-state index >= 15 is 0 Å². The van der Waals surface area contributed by atoms with Gasteiger partial charge in [-0.2, -0.15) is 0 Å². The molecule has 0 aliphatic heterocycles. The second-order valence-corrected chi connectivity index (χ2v) is 4.01. The molecule has 0 saturated carbocycles. The van der Waals surface area contributed by atoms with E-state index < -0.39 is 0 Å². The van der Waals surface area contributed by atoms with Gasteiger partial charge in [-0.1, -0.05) is 6.07 Å². The number of ether oxygens (including phenoxy) is 2. The number of hydrogen-bond acceptors (Lipinski definition) is 4. The third kappa shape index (κ3) is 3.92. The van der Waals surface area contributed by atoms with Crippen molar-refractivity contribution in [1.82, 2.24) is 5.32 Å². The van der Waals surface area contributed by atoms with Crippen LogP contribution in [0.1, 0.15) is 24.9 Å². The lowest BCUT2D eigenvalue weighted by atomic mass is 10.1. The zero-order valence-corrected chi connectivity index (χ0v) is 11.0. The van der Waals surface area contributed by atoms with Gasteiger partial charge in [0.05, 0.1) is 14.2 Å². The molecule has 5 heteroatoms. The Kier molecular flexibility index (Phi) is 5.45. The Bertz CT molecular complexity index is 407. The SMILES string of the molecule is COc1ccc(C(C)NCCC(N)=O)cc1OC. The van der Waals surface area contributed by atoms with E-state index in [-0.39, 0.29) is 11.9 Å². The molecule has 0 bridgehead atoms. The van der Waals surface area contributed by atoms with E-state index in [1.807, 2.05) is 25.1 Å². The van der Waals surface area contributed by atoms with Crippen LogP contribution in [-0.4, -0.2) is 26.7 Å². The summed E-state index contributed by atoms with van der Waals surface area (Å²) in [6.45, 7) is 2.58. The lowest BCUT2D eigenvalue weighted by molar-refractivity contribution is -0.117. The van der Waals surface area contributed by atoms with Crippen LogP contribution >= 0.6 is 0 Å². The van der Waals surface area contributed by atoms with E-state index in [2.05, 4.69) is 5.32 Å². The van der Waals surface area contributed by atoms with Gasteiger partial charge in [-0.3, -0.25) is 4.79 Å². The molecule has 0 radical (unpaired) electrons. The van der Waals surface area contributed by atoms with Crippen molar-refractivity contribution in [1.29, 1.82) is 0 Å². The number of nitrogens with one attached hydrogen (secondary N) is 1. The van der Waals surface area contributed by atoms with Crippen LogP contribution in [0.25, 0.3) is 0 Å². The predicted molar refractivity (Wildman–Crippen MR) is 69.8 cm³/mol. The highest BCUT2D eigenvalue weighted by atomic mass is 16.5. The van der Waals surface area contributed by atoms with E-state index in [0.717, 1.165) is 5.56 Å². The van der Waals surface area contributed by atoms with Gasteiger partial charge in [-0.15, -0.1) is 0 Å². The van der Waals surface area contributed by atoms with E-state index in [4.69, 9.17) is 15.2 Å². The maximum atomic E-state index is 10.6. The van der Waals surface area contributed by atoms with Crippen LogP contribution in [0.5, 0.6) is 11.5 Å². The molecule has 18 heavy (non-hydrogen) atoms. The molecule has 1 aromatic rings. The van der Waals surface area contributed by atoms with Crippen LogP contribution in [0.15, 0.2) is 18.2 Å². The molecule has 1 atom stereocenters. The van der Waals surface area contributed by atoms with Gasteiger partial charge in [0, 0.05) is 19.0 Å². The molecule has 0 aliphatic carbocycles. The number of rotatable bonds is 7. The average molecular weight is 252 g/mol. The molecule has 1 unspecified atom stereocenters. The Hall–Kier alpha value is -1.75. The summed E-state index contributed by atoms with van der Waals surface area (Å²) in [5.74, 6) is 1.09. The van der Waals surface area contributed by atoms with Crippen molar-refractivity contribution in [3.8, 4) is 11.5 Å². The van der Waals surface area contributed by atoms with Gasteiger partial charge in [0.25, 0.3) is 0 Å². The highest BCUT2D eigenvalue weighted by Crippen LogP contribution is 2.29. The molecule has 1 aromatic carbocycles. The summed E-state index contributed by atoms with van der Waals surface area (Å²) in [6, 6.07) is 5.86. The molecule has 0 saturated heterocycles. The fourth-order valence-corrected chi connectivity index (χ4v) is 1.65. The first kappa shape index (κ1) is 14.3. The first-order valence-corrected chi connectivity index (χ1v) is 5.82. The van der Waals surface area contributed by atoms with Crippen LogP contribution in [0.4, 0.5) is 0 Å². The molecule has 5 nitrogen and oxygen atoms in total. The van der Waals surface area contributed by atoms with Crippen molar-refractivity contribution in [3.05, 3.63) is 23.8 Å². The fraction of sp³-hybridized carbons (Fsp3) is 0.462. The van der Waals surface area contributed by atoms with Gasteiger partial charge in [0.2, 0.25) is 5.91 Å². The van der Waals surface area contributed by atoms with Crippen molar-refractivity contribution in [2.75, 3.05) is 20.8 Å². The Morgan fingerprint density at radius 3 is 2.56 bits per heavy atom. The summed E-state index contributed by atoms with van der Waals surface area (Å²) < 4.78 is 10.4. The number of primary amides is 1. The van der Waals surface area contributed by atoms with Crippen molar-refractivity contribution in [3.63, 3.8) is 0 Å². The first-order chi connectivity index (χ1) is 8.58. The minimum atomic E-state index is -0.304. The summed E-state index contributed by atoms with van der Waals surface area (Å²) in [4.78, 5) is 10.6. The van der Waals surface area contributed by atoms with Gasteiger partial charge in [0.15, 0.2) is 11.5 Å². The molecule has 100 valence electrons. The van der Waals surface area contributed by atoms with Crippen LogP contribution in [0.2, 0.25) is 0 Å². The first-order valence-electron chi connectivity index (χ1n) is 5.82. The van der Waals surface area contributed by atoms with Crippen molar-refractivity contribution < 1.29 is 14.3 Å². The molecule has 0 fully saturated rings. The molecule has 0 spiro atoms. The molecule has 3 N–H and O–H groups in total. The normalized spacial score (nSPS) is 11.9. The van der Waals surface area contributed by atoms with Crippen molar-refractivity contribution in [2.24, 2.45) is 5.73 Å². The lowest BCUT2D eigenvalue weighted by Crippen LogP contribution is -2.24. The standard InChI is InChI=1S/C13H20N2O3/c1-9(15-7-6-13(14)16)10-4-5-11(17-2)12(8-10)18-3/h4-5,8-9,15H,6-7H2,1-3H3,(H2,14,16). The highest BCUT2D eigenvalue weighted by Gasteiger charge is 2.09. The summed E-state index contributed by atoms with van der Waals surface area (Å²) in [6.07, 6.45) is 0.331. The monoisotopic (exact) mass is 252 g/mol. The van der Waals surface area contributed by atoms with E-state index in [1.165, 1.54) is 0 Å². The second-order valence-electron chi connectivity index (χ2n) is 4.01. The quantitative estimate of drug-likeness (QED) is 0.765. The maximum Gasteiger partial charge on any atom is 0.218 e. The zero-order valence-electron chi connectivity index (χ0n) is 11.0. The van der Waals surface area contributed by atoms with Crippen LogP contribution in [-0.2, 0) is 4.79 Å². The van der Waals surface area contributed by atoms with E-state index in [1.54, 1.807) is 14.2 Å². The van der Waals surface area contributed by atoms with Gasteiger partial charge >= 0.3 is 0 Å². The molecule has 0 heterocycles. The minimum absolute atomic E-state index is 0.115. The molecule has 1 rings (SSSR count). The Morgan fingerprint density at radius 2 is 2.00 bits per heavy atom. The molecular formula is C13H20N2O3. The second kappa shape index (κ2) is 6.86. The van der Waals surface area contributed by atoms with Crippen molar-refractivity contribution >= 4 is 5.91 Å². The molecular weight excluding hydrogens is 232 g/mol. The summed E-state index contributed by atoms with van der Waals surface area (Å²) in [7, 11) is 3.21.